The van der Waals surface area contributed by atoms with Gasteiger partial charge in [-0.1, -0.05) is 6.07 Å². The van der Waals surface area contributed by atoms with Gasteiger partial charge in [0.15, 0.2) is 7.05 Å². The van der Waals surface area contributed by atoms with Gasteiger partial charge in [-0.15, -0.1) is 4.68 Å². The molecule has 0 bridgehead atoms. The van der Waals surface area contributed by atoms with Gasteiger partial charge in [-0.05, 0) is 68.8 Å². The van der Waals surface area contributed by atoms with Gasteiger partial charge in [0.05, 0.1) is 28.7 Å². The van der Waals surface area contributed by atoms with E-state index < -0.39 is 17.6 Å². The van der Waals surface area contributed by atoms with Crippen molar-refractivity contribution in [2.24, 2.45) is 18.6 Å². The fourth-order valence-corrected chi connectivity index (χ4v) is 4.72. The van der Waals surface area contributed by atoms with Crippen LogP contribution in [0.2, 0.25) is 0 Å². The summed E-state index contributed by atoms with van der Waals surface area (Å²) in [5, 5.41) is 9.95. The van der Waals surface area contributed by atoms with Gasteiger partial charge in [-0.2, -0.15) is 18.3 Å². The average molecular weight is 558 g/mol. The maximum absolute atomic E-state index is 13.9. The van der Waals surface area contributed by atoms with E-state index in [1.165, 1.54) is 17.1 Å². The second-order valence-electron chi connectivity index (χ2n) is 10.0. The second-order valence-corrected chi connectivity index (χ2v) is 10.0. The van der Waals surface area contributed by atoms with E-state index in [0.29, 0.717) is 30.2 Å². The maximum Gasteiger partial charge on any atom is 0.418 e. The number of alkyl halides is 3. The molecular formula is C28H36F3N8O+. The number of amides is 1. The van der Waals surface area contributed by atoms with Crippen LogP contribution >= 0.6 is 0 Å². The summed E-state index contributed by atoms with van der Waals surface area (Å²) in [6.07, 6.45) is 0.933. The number of carbonyl (C=O) groups excluding carboxylic acids is 1. The van der Waals surface area contributed by atoms with Crippen molar-refractivity contribution < 1.29 is 22.6 Å². The Balaban J connectivity index is 1.49. The molecule has 0 atom stereocenters. The lowest BCUT2D eigenvalue weighted by Crippen LogP contribution is -2.33. The molecule has 2 heterocycles. The molecule has 1 aliphatic rings. The lowest BCUT2D eigenvalue weighted by atomic mass is 10.1. The fourth-order valence-electron chi connectivity index (χ4n) is 4.72. The molecule has 7 N–H and O–H groups in total. The predicted molar refractivity (Wildman–Crippen MR) is 150 cm³/mol. The third kappa shape index (κ3) is 6.75. The molecule has 12 heteroatoms. The van der Waals surface area contributed by atoms with E-state index in [1.807, 2.05) is 25.6 Å². The van der Waals surface area contributed by atoms with E-state index >= 15 is 0 Å². The van der Waals surface area contributed by atoms with Crippen molar-refractivity contribution in [2.45, 2.75) is 32.9 Å². The summed E-state index contributed by atoms with van der Waals surface area (Å²) in [5.41, 5.74) is 9.10. The number of aromatic amines is 1. The molecule has 4 rings (SSSR count). The van der Waals surface area contributed by atoms with Crippen LogP contribution in [0.5, 0.6) is 0 Å². The zero-order chi connectivity index (χ0) is 29.0. The highest BCUT2D eigenvalue weighted by molar-refractivity contribution is 6.05. The molecule has 1 fully saturated rings. The quantitative estimate of drug-likeness (QED) is 0.155. The van der Waals surface area contributed by atoms with Crippen LogP contribution in [-0.4, -0.2) is 42.1 Å². The maximum atomic E-state index is 13.9. The number of benzene rings is 2. The fraction of sp³-hybridized carbons (Fsp3) is 0.357. The van der Waals surface area contributed by atoms with Crippen LogP contribution < -0.4 is 31.9 Å². The lowest BCUT2D eigenvalue weighted by Gasteiger charge is -2.20. The topological polar surface area (TPSA) is 119 Å². The van der Waals surface area contributed by atoms with Crippen LogP contribution in [0.25, 0.3) is 5.70 Å². The van der Waals surface area contributed by atoms with Crippen molar-refractivity contribution in [3.8, 4) is 0 Å². The van der Waals surface area contributed by atoms with Crippen molar-refractivity contribution in [3.63, 3.8) is 0 Å². The van der Waals surface area contributed by atoms with Crippen molar-refractivity contribution in [1.29, 1.82) is 0 Å². The van der Waals surface area contributed by atoms with Crippen LogP contribution in [-0.2, 0) is 13.2 Å². The van der Waals surface area contributed by atoms with Crippen LogP contribution in [0.15, 0.2) is 48.8 Å². The first-order valence-electron chi connectivity index (χ1n) is 13.1. The second kappa shape index (κ2) is 12.0. The summed E-state index contributed by atoms with van der Waals surface area (Å²) in [4.78, 5) is 15.2. The molecule has 1 saturated heterocycles. The van der Waals surface area contributed by atoms with Gasteiger partial charge in [0.25, 0.3) is 5.91 Å². The molecule has 0 radical (unpaired) electrons. The predicted octanol–water partition coefficient (Wildman–Crippen LogP) is 3.87. The van der Waals surface area contributed by atoms with E-state index in [2.05, 4.69) is 20.6 Å². The Kier molecular flexibility index (Phi) is 8.70. The number of nitrogens with zero attached hydrogens (tertiary/aromatic N) is 3. The van der Waals surface area contributed by atoms with E-state index in [4.69, 9.17) is 11.6 Å². The number of nitrogens with two attached hydrogens (primary N) is 2. The van der Waals surface area contributed by atoms with E-state index in [9.17, 15) is 18.0 Å². The summed E-state index contributed by atoms with van der Waals surface area (Å²) < 4.78 is 43.4. The minimum atomic E-state index is -4.62. The number of nitrogens with one attached hydrogen (secondary N) is 3. The van der Waals surface area contributed by atoms with Gasteiger partial charge in [-0.3, -0.25) is 9.80 Å². The third-order valence-electron chi connectivity index (χ3n) is 7.16. The molecule has 1 amide bonds. The molecule has 1 aromatic heterocycles. The SMILES string of the molecule is Cc1ccc(NC(=O)c2ccc(NCCN3CCCC3)c(C(F)(F)F)c2)cc1N(N)C=C(N)c1c[nH][n+](C)c1C. The number of aromatic nitrogens is 2. The molecule has 0 unspecified atom stereocenters. The molecule has 3 aromatic rings. The number of hydrazine groups is 1. The number of hydrogen-bond acceptors (Lipinski definition) is 6. The summed E-state index contributed by atoms with van der Waals surface area (Å²) in [6.45, 7) is 6.73. The molecule has 0 aliphatic carbocycles. The van der Waals surface area contributed by atoms with Crippen LogP contribution in [0, 0.1) is 13.8 Å². The largest absolute Gasteiger partial charge is 0.418 e. The monoisotopic (exact) mass is 557 g/mol. The standard InChI is InChI=1S/C28H35F3N8O/c1-18-6-8-21(15-26(18)39(33)17-24(32)22-16-35-37(3)19(22)2)36-27(40)20-7-9-25(23(14-20)28(29,30)31)34-10-13-38-11-4-5-12-38/h6-9,14-17H,4-5,10-13,32-33H2,1-3H3,(H2,34,36,40)/p+1. The van der Waals surface area contributed by atoms with Gasteiger partial charge < -0.3 is 21.3 Å². The number of halogens is 3. The molecule has 9 nitrogen and oxygen atoms in total. The van der Waals surface area contributed by atoms with Crippen molar-refractivity contribution in [1.82, 2.24) is 10.00 Å². The first kappa shape index (κ1) is 29.0. The lowest BCUT2D eigenvalue weighted by molar-refractivity contribution is -0.732. The zero-order valence-corrected chi connectivity index (χ0v) is 22.9. The van der Waals surface area contributed by atoms with Crippen molar-refractivity contribution in [3.05, 3.63) is 76.7 Å². The van der Waals surface area contributed by atoms with Gasteiger partial charge in [-0.25, -0.2) is 5.84 Å². The van der Waals surface area contributed by atoms with Crippen molar-refractivity contribution in [2.75, 3.05) is 41.8 Å². The number of likely N-dealkylation sites (tertiary alicyclic amines) is 1. The summed E-state index contributed by atoms with van der Waals surface area (Å²) in [7, 11) is 1.86. The highest BCUT2D eigenvalue weighted by Gasteiger charge is 2.34. The summed E-state index contributed by atoms with van der Waals surface area (Å²) in [5.74, 6) is 5.61. The number of H-pyrrole nitrogens is 1. The molecule has 0 spiro atoms. The number of anilines is 3. The molecule has 2 aromatic carbocycles. The molecule has 1 aliphatic heterocycles. The Morgan fingerprint density at radius 2 is 1.90 bits per heavy atom. The molecular weight excluding hydrogens is 521 g/mol. The minimum Gasteiger partial charge on any atom is -0.397 e. The minimum absolute atomic E-state index is 0.0460. The number of rotatable bonds is 9. The Bertz CT molecular complexity index is 1390. The Morgan fingerprint density at radius 3 is 2.55 bits per heavy atom. The molecule has 40 heavy (non-hydrogen) atoms. The van der Waals surface area contributed by atoms with Gasteiger partial charge in [0.1, 0.15) is 0 Å². The highest BCUT2D eigenvalue weighted by Crippen LogP contribution is 2.36. The summed E-state index contributed by atoms with van der Waals surface area (Å²) in [6, 6.07) is 8.62. The zero-order valence-electron chi connectivity index (χ0n) is 22.9. The van der Waals surface area contributed by atoms with Gasteiger partial charge >= 0.3 is 6.18 Å². The molecule has 214 valence electrons. The van der Waals surface area contributed by atoms with Crippen molar-refractivity contribution >= 4 is 28.7 Å². The first-order chi connectivity index (χ1) is 18.9. The number of carbonyl (C=O) groups is 1. The van der Waals surface area contributed by atoms with Crippen LogP contribution in [0.4, 0.5) is 30.2 Å². The normalized spacial score (nSPS) is 14.4. The molecule has 0 saturated carbocycles. The van der Waals surface area contributed by atoms with Crippen LogP contribution in [0.1, 0.15) is 45.6 Å². The average Bonchev–Trinajstić information content (AvgIpc) is 3.54. The van der Waals surface area contributed by atoms with E-state index in [-0.39, 0.29) is 11.3 Å². The smallest absolute Gasteiger partial charge is 0.397 e. The van der Waals surface area contributed by atoms with E-state index in [1.54, 1.807) is 30.6 Å². The Hall–Kier alpha value is -4.03. The summed E-state index contributed by atoms with van der Waals surface area (Å²) >= 11 is 0. The van der Waals surface area contributed by atoms with Gasteiger partial charge in [0.2, 0.25) is 5.69 Å². The van der Waals surface area contributed by atoms with Crippen LogP contribution in [0.3, 0.4) is 0 Å². The van der Waals surface area contributed by atoms with E-state index in [0.717, 1.165) is 48.8 Å². The van der Waals surface area contributed by atoms with Gasteiger partial charge in [0, 0.05) is 43.2 Å². The first-order valence-corrected chi connectivity index (χ1v) is 13.1. The highest BCUT2D eigenvalue weighted by atomic mass is 19.4. The Morgan fingerprint density at radius 1 is 1.18 bits per heavy atom. The number of hydrogen-bond donors (Lipinski definition) is 5. The Labute approximate surface area is 231 Å². The number of aryl methyl sites for hydroxylation is 2. The third-order valence-corrected chi connectivity index (χ3v) is 7.16.